The molecule has 0 spiro atoms. The molecule has 0 amide bonds. The topological polar surface area (TPSA) is 52.0 Å². The molecule has 0 saturated carbocycles. The summed E-state index contributed by atoms with van der Waals surface area (Å²) >= 11 is 0. The zero-order valence-electron chi connectivity index (χ0n) is 7.83. The second-order valence-corrected chi connectivity index (χ2v) is 2.94. The largest absolute Gasteiger partial charge is 0.354 e. The van der Waals surface area contributed by atoms with Gasteiger partial charge in [-0.25, -0.2) is 14.3 Å². The molecule has 1 aromatic carbocycles. The van der Waals surface area contributed by atoms with Crippen molar-refractivity contribution >= 4 is 5.91 Å². The van der Waals surface area contributed by atoms with Gasteiger partial charge in [-0.1, -0.05) is 18.2 Å². The average Bonchev–Trinajstić information content (AvgIpc) is 2.30. The van der Waals surface area contributed by atoms with Gasteiger partial charge in [0.15, 0.2) is 0 Å². The number of hydrogen-bond donors (Lipinski definition) is 0. The van der Waals surface area contributed by atoms with Gasteiger partial charge in [0.05, 0.1) is 0 Å². The van der Waals surface area contributed by atoms with Gasteiger partial charge in [-0.3, -0.25) is 4.79 Å². The maximum atomic E-state index is 11.8. The van der Waals surface area contributed by atoms with E-state index in [0.29, 0.717) is 5.56 Å². The molecular weight excluding hydrogens is 192 g/mol. The summed E-state index contributed by atoms with van der Waals surface area (Å²) < 4.78 is 0.981. The molecule has 0 aliphatic carbocycles. The van der Waals surface area contributed by atoms with Crippen molar-refractivity contribution in [3.63, 3.8) is 0 Å². The Labute approximate surface area is 85.8 Å². The Balaban J connectivity index is 2.47. The van der Waals surface area contributed by atoms with E-state index in [1.165, 1.54) is 12.4 Å². The van der Waals surface area contributed by atoms with Crippen LogP contribution < -0.4 is 5.69 Å². The number of benzene rings is 1. The normalized spacial score (nSPS) is 9.87. The van der Waals surface area contributed by atoms with Crippen molar-refractivity contribution in [1.82, 2.24) is 9.55 Å². The smallest absolute Gasteiger partial charge is 0.268 e. The van der Waals surface area contributed by atoms with Crippen LogP contribution in [0.15, 0.2) is 53.6 Å². The summed E-state index contributed by atoms with van der Waals surface area (Å²) in [7, 11) is 0. The first-order chi connectivity index (χ1) is 7.29. The molecular formula is C11H8N2O2. The van der Waals surface area contributed by atoms with E-state index in [1.807, 2.05) is 6.07 Å². The number of nitrogens with zero attached hydrogens (tertiary/aromatic N) is 2. The van der Waals surface area contributed by atoms with Gasteiger partial charge in [-0.15, -0.1) is 0 Å². The lowest BCUT2D eigenvalue weighted by molar-refractivity contribution is 0.0954. The first kappa shape index (κ1) is 9.33. The summed E-state index contributed by atoms with van der Waals surface area (Å²) in [4.78, 5) is 26.6. The minimum atomic E-state index is -0.564. The predicted octanol–water partition coefficient (Wildman–Crippen LogP) is 0.932. The first-order valence-electron chi connectivity index (χ1n) is 4.42. The number of hydrogen-bond acceptors (Lipinski definition) is 3. The first-order valence-corrected chi connectivity index (χ1v) is 4.42. The molecule has 0 saturated heterocycles. The van der Waals surface area contributed by atoms with Crippen LogP contribution in [-0.4, -0.2) is 15.5 Å². The lowest BCUT2D eigenvalue weighted by Crippen LogP contribution is -2.28. The Bertz CT molecular complexity index is 532. The zero-order chi connectivity index (χ0) is 10.7. The fourth-order valence-electron chi connectivity index (χ4n) is 1.23. The molecule has 0 bridgehead atoms. The molecule has 4 heteroatoms. The van der Waals surface area contributed by atoms with E-state index in [2.05, 4.69) is 4.98 Å². The number of carbonyl (C=O) groups excluding carboxylic acids is 1. The van der Waals surface area contributed by atoms with E-state index in [0.717, 1.165) is 4.57 Å². The second kappa shape index (κ2) is 3.88. The minimum Gasteiger partial charge on any atom is -0.268 e. The maximum Gasteiger partial charge on any atom is 0.354 e. The fourth-order valence-corrected chi connectivity index (χ4v) is 1.23. The van der Waals surface area contributed by atoms with Crippen LogP contribution in [0.1, 0.15) is 10.4 Å². The standard InChI is InChI=1S/C11H8N2O2/c14-10(9-5-2-1-3-6-9)13-8-4-7-12-11(13)15/h1-8H. The van der Waals surface area contributed by atoms with Crippen LogP contribution in [0.4, 0.5) is 0 Å². The Hall–Kier alpha value is -2.23. The van der Waals surface area contributed by atoms with Crippen molar-refractivity contribution in [2.24, 2.45) is 0 Å². The minimum absolute atomic E-state index is 0.367. The highest BCUT2D eigenvalue weighted by molar-refractivity contribution is 5.95. The van der Waals surface area contributed by atoms with Crippen LogP contribution in [0.2, 0.25) is 0 Å². The highest BCUT2D eigenvalue weighted by Crippen LogP contribution is 1.99. The third kappa shape index (κ3) is 1.83. The highest BCUT2D eigenvalue weighted by atomic mass is 16.2. The summed E-state index contributed by atoms with van der Waals surface area (Å²) in [5, 5.41) is 0. The molecule has 2 rings (SSSR count). The van der Waals surface area contributed by atoms with E-state index < -0.39 is 5.69 Å². The van der Waals surface area contributed by atoms with E-state index in [9.17, 15) is 9.59 Å². The molecule has 4 nitrogen and oxygen atoms in total. The van der Waals surface area contributed by atoms with Gasteiger partial charge in [-0.2, -0.15) is 0 Å². The summed E-state index contributed by atoms with van der Waals surface area (Å²) in [5.74, 6) is -0.367. The van der Waals surface area contributed by atoms with Crippen molar-refractivity contribution in [3.8, 4) is 0 Å². The summed E-state index contributed by atoms with van der Waals surface area (Å²) in [6.07, 6.45) is 2.77. The van der Waals surface area contributed by atoms with Gasteiger partial charge >= 0.3 is 5.69 Å². The van der Waals surface area contributed by atoms with Gasteiger partial charge in [-0.05, 0) is 18.2 Å². The van der Waals surface area contributed by atoms with Gasteiger partial charge in [0, 0.05) is 18.0 Å². The number of carbonyl (C=O) groups is 1. The SMILES string of the molecule is O=C(c1ccccc1)n1cccnc1=O. The van der Waals surface area contributed by atoms with Crippen LogP contribution in [-0.2, 0) is 0 Å². The third-order valence-electron chi connectivity index (χ3n) is 1.95. The fraction of sp³-hybridized carbons (Fsp3) is 0. The van der Waals surface area contributed by atoms with E-state index in [1.54, 1.807) is 30.3 Å². The van der Waals surface area contributed by atoms with E-state index in [-0.39, 0.29) is 5.91 Å². The Morgan fingerprint density at radius 1 is 1.13 bits per heavy atom. The molecule has 0 unspecified atom stereocenters. The third-order valence-corrected chi connectivity index (χ3v) is 1.95. The molecule has 0 radical (unpaired) electrons. The molecule has 0 fully saturated rings. The molecule has 74 valence electrons. The quantitative estimate of drug-likeness (QED) is 0.688. The van der Waals surface area contributed by atoms with E-state index >= 15 is 0 Å². The molecule has 0 aliphatic rings. The van der Waals surface area contributed by atoms with Gasteiger partial charge in [0.1, 0.15) is 0 Å². The zero-order valence-corrected chi connectivity index (χ0v) is 7.83. The van der Waals surface area contributed by atoms with Crippen LogP contribution in [0.3, 0.4) is 0 Å². The molecule has 0 atom stereocenters. The Kier molecular flexibility index (Phi) is 2.41. The molecule has 1 aromatic heterocycles. The number of rotatable bonds is 1. The number of aromatic nitrogens is 2. The van der Waals surface area contributed by atoms with E-state index in [4.69, 9.17) is 0 Å². The predicted molar refractivity (Wildman–Crippen MR) is 54.7 cm³/mol. The van der Waals surface area contributed by atoms with Crippen molar-refractivity contribution in [1.29, 1.82) is 0 Å². The Morgan fingerprint density at radius 2 is 1.87 bits per heavy atom. The van der Waals surface area contributed by atoms with Crippen LogP contribution in [0, 0.1) is 0 Å². The van der Waals surface area contributed by atoms with Crippen molar-refractivity contribution in [3.05, 3.63) is 64.8 Å². The second-order valence-electron chi connectivity index (χ2n) is 2.94. The maximum absolute atomic E-state index is 11.8. The summed E-state index contributed by atoms with van der Waals surface area (Å²) in [5.41, 5.74) is -0.0982. The Morgan fingerprint density at radius 3 is 2.53 bits per heavy atom. The molecule has 2 aromatic rings. The monoisotopic (exact) mass is 200 g/mol. The molecule has 1 heterocycles. The molecule has 0 N–H and O–H groups in total. The van der Waals surface area contributed by atoms with Crippen molar-refractivity contribution < 1.29 is 4.79 Å². The lowest BCUT2D eigenvalue weighted by Gasteiger charge is -2.01. The van der Waals surface area contributed by atoms with Crippen molar-refractivity contribution in [2.45, 2.75) is 0 Å². The van der Waals surface area contributed by atoms with Gasteiger partial charge in [0.25, 0.3) is 5.91 Å². The molecule has 0 aliphatic heterocycles. The molecule has 15 heavy (non-hydrogen) atoms. The van der Waals surface area contributed by atoms with Crippen LogP contribution in [0.5, 0.6) is 0 Å². The highest BCUT2D eigenvalue weighted by Gasteiger charge is 2.08. The summed E-state index contributed by atoms with van der Waals surface area (Å²) in [6, 6.07) is 10.2. The van der Waals surface area contributed by atoms with Gasteiger partial charge in [0.2, 0.25) is 0 Å². The lowest BCUT2D eigenvalue weighted by atomic mass is 10.2. The van der Waals surface area contributed by atoms with Crippen molar-refractivity contribution in [2.75, 3.05) is 0 Å². The van der Waals surface area contributed by atoms with Crippen LogP contribution in [0.25, 0.3) is 0 Å². The average molecular weight is 200 g/mol. The van der Waals surface area contributed by atoms with Crippen LogP contribution >= 0.6 is 0 Å². The summed E-state index contributed by atoms with van der Waals surface area (Å²) in [6.45, 7) is 0. The van der Waals surface area contributed by atoms with Gasteiger partial charge < -0.3 is 0 Å².